The van der Waals surface area contributed by atoms with Crippen LogP contribution in [0.5, 0.6) is 17.2 Å². The first-order valence-electron chi connectivity index (χ1n) is 14.6. The molecule has 2 rings (SSSR count). The lowest BCUT2D eigenvalue weighted by Crippen LogP contribution is -2.45. The second-order valence-corrected chi connectivity index (χ2v) is 24.4. The molecule has 0 spiro atoms. The molecule has 0 bridgehead atoms. The lowest BCUT2D eigenvalue weighted by atomic mass is 9.70. The Morgan fingerprint density at radius 2 is 1.42 bits per heavy atom. The Balaban J connectivity index is 2.91. The summed E-state index contributed by atoms with van der Waals surface area (Å²) in [5.74, 6) is 4.18. The number of ether oxygens (including phenoxy) is 1. The molecule has 0 unspecified atom stereocenters. The molecule has 3 nitrogen and oxygen atoms in total. The van der Waals surface area contributed by atoms with Crippen LogP contribution in [0.2, 0.25) is 36.3 Å². The van der Waals surface area contributed by atoms with Gasteiger partial charge >= 0.3 is 0 Å². The van der Waals surface area contributed by atoms with Crippen LogP contribution in [0.15, 0.2) is 24.3 Å². The molecule has 0 radical (unpaired) electrons. The zero-order chi connectivity index (χ0) is 29.4. The summed E-state index contributed by atoms with van der Waals surface area (Å²) in [6.45, 7) is 36.3. The standard InChI is InChI=1S/C33H58O3Si2/c1-22(2)18-17-19-23(3)26-21-20-24(4)27-28(26)29(35-37(13,14)32(6,7)8)25(5)30(34-12)31(27)36-38(15,16)33(9,10)11/h17-18,23-24,26H,1,19-21H2,2-16H3/b18-17+/t23-,24-,26+/m0/s1. The zero-order valence-corrected chi connectivity index (χ0v) is 29.4. The van der Waals surface area contributed by atoms with Crippen LogP contribution < -0.4 is 13.6 Å². The third kappa shape index (κ3) is 6.81. The van der Waals surface area contributed by atoms with Crippen LogP contribution in [0.4, 0.5) is 0 Å². The summed E-state index contributed by atoms with van der Waals surface area (Å²) in [4.78, 5) is 0. The predicted octanol–water partition coefficient (Wildman–Crippen LogP) is 10.9. The van der Waals surface area contributed by atoms with Crippen molar-refractivity contribution >= 4 is 16.6 Å². The van der Waals surface area contributed by atoms with Gasteiger partial charge in [0.1, 0.15) is 5.75 Å². The summed E-state index contributed by atoms with van der Waals surface area (Å²) >= 11 is 0. The molecule has 216 valence electrons. The zero-order valence-electron chi connectivity index (χ0n) is 27.4. The molecule has 0 saturated heterocycles. The maximum absolute atomic E-state index is 7.24. The van der Waals surface area contributed by atoms with E-state index in [2.05, 4.69) is 114 Å². The van der Waals surface area contributed by atoms with Gasteiger partial charge in [-0.2, -0.15) is 0 Å². The highest BCUT2D eigenvalue weighted by Crippen LogP contribution is 2.58. The second-order valence-electron chi connectivity index (χ2n) is 14.9. The molecule has 0 aliphatic heterocycles. The van der Waals surface area contributed by atoms with Crippen LogP contribution in [0.25, 0.3) is 0 Å². The highest BCUT2D eigenvalue weighted by Gasteiger charge is 2.45. The van der Waals surface area contributed by atoms with Crippen LogP contribution in [0, 0.1) is 12.8 Å². The maximum Gasteiger partial charge on any atom is 0.250 e. The molecule has 0 heterocycles. The van der Waals surface area contributed by atoms with Gasteiger partial charge in [0.15, 0.2) is 11.5 Å². The summed E-state index contributed by atoms with van der Waals surface area (Å²) in [6.07, 6.45) is 7.78. The summed E-state index contributed by atoms with van der Waals surface area (Å²) < 4.78 is 20.6. The molecule has 0 saturated carbocycles. The van der Waals surface area contributed by atoms with Crippen molar-refractivity contribution in [2.75, 3.05) is 7.11 Å². The van der Waals surface area contributed by atoms with Gasteiger partial charge in [0.05, 0.1) is 7.11 Å². The normalized spacial score (nSPS) is 19.8. The fraction of sp³-hybridized carbons (Fsp3) is 0.697. The molecule has 0 N–H and O–H groups in total. The van der Waals surface area contributed by atoms with Crippen LogP contribution >= 0.6 is 0 Å². The number of rotatable bonds is 9. The van der Waals surface area contributed by atoms with Gasteiger partial charge in [-0.25, -0.2) is 0 Å². The molecular weight excluding hydrogens is 501 g/mol. The van der Waals surface area contributed by atoms with Crippen molar-refractivity contribution in [3.8, 4) is 17.2 Å². The third-order valence-corrected chi connectivity index (χ3v) is 18.2. The SMILES string of the molecule is C=C(C)/C=C/C[C@H](C)[C@H]1CC[C@H](C)c2c(O[Si](C)(C)C(C)(C)C)c(OC)c(C)c(O[Si](C)(C)C(C)(C)C)c21. The van der Waals surface area contributed by atoms with Crippen LogP contribution in [0.1, 0.15) is 110 Å². The van der Waals surface area contributed by atoms with Gasteiger partial charge in [-0.05, 0) is 87.1 Å². The van der Waals surface area contributed by atoms with Gasteiger partial charge in [0.25, 0.3) is 16.6 Å². The van der Waals surface area contributed by atoms with E-state index in [0.29, 0.717) is 17.8 Å². The van der Waals surface area contributed by atoms with Gasteiger partial charge in [-0.3, -0.25) is 0 Å². The molecule has 1 aliphatic rings. The first-order valence-corrected chi connectivity index (χ1v) is 20.4. The van der Waals surface area contributed by atoms with Gasteiger partial charge in [-0.1, -0.05) is 79.7 Å². The highest BCUT2D eigenvalue weighted by molar-refractivity contribution is 6.75. The average Bonchev–Trinajstić information content (AvgIpc) is 2.74. The number of hydrogen-bond acceptors (Lipinski definition) is 3. The smallest absolute Gasteiger partial charge is 0.250 e. The molecule has 3 atom stereocenters. The van der Waals surface area contributed by atoms with E-state index in [4.69, 9.17) is 13.6 Å². The van der Waals surface area contributed by atoms with E-state index in [9.17, 15) is 0 Å². The lowest BCUT2D eigenvalue weighted by molar-refractivity contribution is 0.347. The molecular formula is C33H58O3Si2. The summed E-state index contributed by atoms with van der Waals surface area (Å²) in [7, 11) is -2.43. The van der Waals surface area contributed by atoms with E-state index in [-0.39, 0.29) is 10.1 Å². The molecule has 0 amide bonds. The molecule has 1 aliphatic carbocycles. The van der Waals surface area contributed by atoms with Crippen LogP contribution in [-0.2, 0) is 0 Å². The Bertz CT molecular complexity index is 1040. The number of allylic oxidation sites excluding steroid dienone is 3. The number of fused-ring (bicyclic) bond motifs is 1. The Labute approximate surface area is 237 Å². The van der Waals surface area contributed by atoms with Crippen molar-refractivity contribution < 1.29 is 13.6 Å². The highest BCUT2D eigenvalue weighted by atomic mass is 28.4. The molecule has 0 fully saturated rings. The molecule has 1 aromatic carbocycles. The van der Waals surface area contributed by atoms with Crippen molar-refractivity contribution in [1.82, 2.24) is 0 Å². The minimum Gasteiger partial charge on any atom is -0.543 e. The minimum atomic E-state index is -2.12. The Morgan fingerprint density at radius 3 is 1.87 bits per heavy atom. The summed E-state index contributed by atoms with van der Waals surface area (Å²) in [6, 6.07) is 0. The van der Waals surface area contributed by atoms with E-state index in [1.165, 1.54) is 11.1 Å². The summed E-state index contributed by atoms with van der Waals surface area (Å²) in [5.41, 5.74) is 4.91. The van der Waals surface area contributed by atoms with Gasteiger partial charge in [-0.15, -0.1) is 0 Å². The van der Waals surface area contributed by atoms with Gasteiger partial charge < -0.3 is 13.6 Å². The third-order valence-electron chi connectivity index (χ3n) is 9.57. The minimum absolute atomic E-state index is 0.0903. The second kappa shape index (κ2) is 11.6. The van der Waals surface area contributed by atoms with E-state index < -0.39 is 16.6 Å². The largest absolute Gasteiger partial charge is 0.543 e. The Morgan fingerprint density at radius 1 is 0.921 bits per heavy atom. The average molecular weight is 559 g/mol. The fourth-order valence-corrected chi connectivity index (χ4v) is 7.03. The monoisotopic (exact) mass is 558 g/mol. The molecule has 38 heavy (non-hydrogen) atoms. The first kappa shape index (κ1) is 32.7. The van der Waals surface area contributed by atoms with Gasteiger partial charge in [0.2, 0.25) is 0 Å². The van der Waals surface area contributed by atoms with Crippen molar-refractivity contribution in [3.05, 3.63) is 41.0 Å². The lowest BCUT2D eigenvalue weighted by Gasteiger charge is -2.44. The Kier molecular flexibility index (Phi) is 9.97. The van der Waals surface area contributed by atoms with Crippen molar-refractivity contribution in [2.45, 2.75) is 137 Å². The number of benzene rings is 1. The molecule has 0 aromatic heterocycles. The van der Waals surface area contributed by atoms with E-state index in [1.807, 2.05) is 0 Å². The fourth-order valence-electron chi connectivity index (χ4n) is 4.93. The predicted molar refractivity (Wildman–Crippen MR) is 172 cm³/mol. The summed E-state index contributed by atoms with van der Waals surface area (Å²) in [5, 5.41) is 0.189. The van der Waals surface area contributed by atoms with E-state index in [1.54, 1.807) is 7.11 Å². The quantitative estimate of drug-likeness (QED) is 0.223. The van der Waals surface area contributed by atoms with Crippen molar-refractivity contribution in [1.29, 1.82) is 0 Å². The Hall–Kier alpha value is -1.47. The van der Waals surface area contributed by atoms with E-state index in [0.717, 1.165) is 47.6 Å². The van der Waals surface area contributed by atoms with Crippen molar-refractivity contribution in [2.24, 2.45) is 5.92 Å². The van der Waals surface area contributed by atoms with Gasteiger partial charge in [0, 0.05) is 16.7 Å². The number of hydrogen-bond donors (Lipinski definition) is 0. The first-order chi connectivity index (χ1) is 17.2. The molecule has 1 aromatic rings. The van der Waals surface area contributed by atoms with Crippen LogP contribution in [0.3, 0.4) is 0 Å². The number of methoxy groups -OCH3 is 1. The maximum atomic E-state index is 7.24. The molecule has 5 heteroatoms. The van der Waals surface area contributed by atoms with Crippen molar-refractivity contribution in [3.63, 3.8) is 0 Å². The van der Waals surface area contributed by atoms with Crippen LogP contribution in [-0.4, -0.2) is 23.7 Å². The topological polar surface area (TPSA) is 27.7 Å². The van der Waals surface area contributed by atoms with E-state index >= 15 is 0 Å².